The summed E-state index contributed by atoms with van der Waals surface area (Å²) in [7, 11) is -3.53. The third-order valence-corrected chi connectivity index (χ3v) is 3.95. The van der Waals surface area contributed by atoms with Gasteiger partial charge in [0.25, 0.3) is 5.91 Å². The second kappa shape index (κ2) is 5.63. The Hall–Kier alpha value is -1.89. The maximum Gasteiger partial charge on any atom is 0.339 e. The van der Waals surface area contributed by atoms with E-state index < -0.39 is 28.3 Å². The molecule has 0 spiro atoms. The number of sulfone groups is 1. The van der Waals surface area contributed by atoms with E-state index in [9.17, 15) is 18.0 Å². The van der Waals surface area contributed by atoms with E-state index in [1.54, 1.807) is 0 Å². The van der Waals surface area contributed by atoms with E-state index in [-0.39, 0.29) is 16.2 Å². The van der Waals surface area contributed by atoms with E-state index in [0.717, 1.165) is 0 Å². The SMILES string of the molecule is CCS(=O)(=O)c1ccccc1C(=O)OCC(N)=O. The predicted octanol–water partition coefficient (Wildman–Crippen LogP) is 0.122. The molecule has 0 saturated heterocycles. The summed E-state index contributed by atoms with van der Waals surface area (Å²) < 4.78 is 28.1. The number of amides is 1. The number of ether oxygens (including phenoxy) is 1. The van der Waals surface area contributed by atoms with Gasteiger partial charge in [-0.2, -0.15) is 0 Å². The first kappa shape index (κ1) is 14.2. The van der Waals surface area contributed by atoms with Crippen molar-refractivity contribution in [2.24, 2.45) is 5.73 Å². The molecule has 0 aliphatic heterocycles. The van der Waals surface area contributed by atoms with E-state index >= 15 is 0 Å². The molecule has 1 rings (SSSR count). The summed E-state index contributed by atoms with van der Waals surface area (Å²) in [4.78, 5) is 22.0. The molecule has 0 unspecified atom stereocenters. The van der Waals surface area contributed by atoms with Crippen molar-refractivity contribution in [1.82, 2.24) is 0 Å². The molecular weight excluding hydrogens is 258 g/mol. The molecule has 1 amide bonds. The van der Waals surface area contributed by atoms with Gasteiger partial charge in [0.2, 0.25) is 0 Å². The molecule has 0 saturated carbocycles. The summed E-state index contributed by atoms with van der Waals surface area (Å²) in [5, 5.41) is 0. The summed E-state index contributed by atoms with van der Waals surface area (Å²) >= 11 is 0. The van der Waals surface area contributed by atoms with Gasteiger partial charge >= 0.3 is 5.97 Å². The average molecular weight is 271 g/mol. The second-order valence-corrected chi connectivity index (χ2v) is 5.69. The summed E-state index contributed by atoms with van der Waals surface area (Å²) in [6.07, 6.45) is 0. The smallest absolute Gasteiger partial charge is 0.339 e. The molecule has 1 aromatic carbocycles. The lowest BCUT2D eigenvalue weighted by Crippen LogP contribution is -2.22. The highest BCUT2D eigenvalue weighted by atomic mass is 32.2. The molecular formula is C11H13NO5S. The largest absolute Gasteiger partial charge is 0.452 e. The Morgan fingerprint density at radius 2 is 1.89 bits per heavy atom. The van der Waals surface area contributed by atoms with Gasteiger partial charge in [-0.3, -0.25) is 4.79 Å². The molecule has 0 aliphatic rings. The highest BCUT2D eigenvalue weighted by Gasteiger charge is 2.21. The number of rotatable bonds is 5. The first-order chi connectivity index (χ1) is 8.38. The summed E-state index contributed by atoms with van der Waals surface area (Å²) in [6, 6.07) is 5.66. The molecule has 0 heterocycles. The number of carbonyl (C=O) groups is 2. The van der Waals surface area contributed by atoms with Crippen LogP contribution in [0.1, 0.15) is 17.3 Å². The van der Waals surface area contributed by atoms with Crippen molar-refractivity contribution >= 4 is 21.7 Å². The van der Waals surface area contributed by atoms with E-state index in [2.05, 4.69) is 4.74 Å². The molecule has 2 N–H and O–H groups in total. The van der Waals surface area contributed by atoms with E-state index in [1.165, 1.54) is 31.2 Å². The van der Waals surface area contributed by atoms with Gasteiger partial charge in [-0.15, -0.1) is 0 Å². The molecule has 0 bridgehead atoms. The minimum atomic E-state index is -3.53. The lowest BCUT2D eigenvalue weighted by atomic mass is 10.2. The van der Waals surface area contributed by atoms with Gasteiger partial charge in [-0.25, -0.2) is 13.2 Å². The Kier molecular flexibility index (Phi) is 4.43. The van der Waals surface area contributed by atoms with Crippen LogP contribution in [-0.4, -0.2) is 32.7 Å². The van der Waals surface area contributed by atoms with Gasteiger partial charge in [0.15, 0.2) is 16.4 Å². The molecule has 0 radical (unpaired) electrons. The minimum Gasteiger partial charge on any atom is -0.452 e. The molecule has 0 fully saturated rings. The third kappa shape index (κ3) is 3.30. The van der Waals surface area contributed by atoms with Crippen molar-refractivity contribution in [1.29, 1.82) is 0 Å². The van der Waals surface area contributed by atoms with Gasteiger partial charge < -0.3 is 10.5 Å². The first-order valence-electron chi connectivity index (χ1n) is 5.15. The minimum absolute atomic E-state index is 0.0967. The zero-order chi connectivity index (χ0) is 13.8. The van der Waals surface area contributed by atoms with Crippen molar-refractivity contribution in [2.45, 2.75) is 11.8 Å². The van der Waals surface area contributed by atoms with E-state index in [4.69, 9.17) is 5.73 Å². The lowest BCUT2D eigenvalue weighted by molar-refractivity contribution is -0.121. The van der Waals surface area contributed by atoms with Crippen LogP contribution in [0.4, 0.5) is 0 Å². The number of nitrogens with two attached hydrogens (primary N) is 1. The first-order valence-corrected chi connectivity index (χ1v) is 6.81. The normalized spacial score (nSPS) is 10.9. The van der Waals surface area contributed by atoms with Crippen LogP contribution in [0.15, 0.2) is 29.2 Å². The Morgan fingerprint density at radius 1 is 1.28 bits per heavy atom. The van der Waals surface area contributed by atoms with Crippen LogP contribution in [-0.2, 0) is 19.4 Å². The molecule has 1 aromatic rings. The lowest BCUT2D eigenvalue weighted by Gasteiger charge is -2.08. The molecule has 6 nitrogen and oxygen atoms in total. The zero-order valence-electron chi connectivity index (χ0n) is 9.75. The monoisotopic (exact) mass is 271 g/mol. The Balaban J connectivity index is 3.10. The van der Waals surface area contributed by atoms with Gasteiger partial charge in [0.1, 0.15) is 0 Å². The molecule has 0 aromatic heterocycles. The maximum absolute atomic E-state index is 11.8. The van der Waals surface area contributed by atoms with Crippen molar-refractivity contribution < 1.29 is 22.7 Å². The summed E-state index contributed by atoms with van der Waals surface area (Å²) in [6.45, 7) is 0.889. The standard InChI is InChI=1S/C11H13NO5S/c1-2-18(15,16)9-6-4-3-5-8(9)11(14)17-7-10(12)13/h3-6H,2,7H2,1H3,(H2,12,13). The van der Waals surface area contributed by atoms with Crippen LogP contribution < -0.4 is 5.73 Å². The van der Waals surface area contributed by atoms with Gasteiger partial charge in [0, 0.05) is 0 Å². The van der Waals surface area contributed by atoms with Crippen LogP contribution >= 0.6 is 0 Å². The quantitative estimate of drug-likeness (QED) is 0.766. The summed E-state index contributed by atoms with van der Waals surface area (Å²) in [5.74, 6) is -1.83. The van der Waals surface area contributed by atoms with E-state index in [1.807, 2.05) is 0 Å². The second-order valence-electron chi connectivity index (χ2n) is 3.44. The van der Waals surface area contributed by atoms with Crippen molar-refractivity contribution in [2.75, 3.05) is 12.4 Å². The van der Waals surface area contributed by atoms with Crippen molar-refractivity contribution in [3.63, 3.8) is 0 Å². The Morgan fingerprint density at radius 3 is 2.44 bits per heavy atom. The van der Waals surface area contributed by atoms with Crippen molar-refractivity contribution in [3.8, 4) is 0 Å². The van der Waals surface area contributed by atoms with Crippen LogP contribution in [0.25, 0.3) is 0 Å². The van der Waals surface area contributed by atoms with Crippen LogP contribution in [0, 0.1) is 0 Å². The molecule has 7 heteroatoms. The third-order valence-electron chi connectivity index (χ3n) is 2.17. The number of primary amides is 1. The zero-order valence-corrected chi connectivity index (χ0v) is 10.6. The number of carbonyl (C=O) groups excluding carboxylic acids is 2. The fourth-order valence-corrected chi connectivity index (χ4v) is 2.36. The number of hydrogen-bond donors (Lipinski definition) is 1. The molecule has 18 heavy (non-hydrogen) atoms. The highest BCUT2D eigenvalue weighted by Crippen LogP contribution is 2.17. The Bertz CT molecular complexity index is 565. The highest BCUT2D eigenvalue weighted by molar-refractivity contribution is 7.91. The Labute approximate surface area is 105 Å². The van der Waals surface area contributed by atoms with Gasteiger partial charge in [-0.1, -0.05) is 19.1 Å². The topological polar surface area (TPSA) is 104 Å². The van der Waals surface area contributed by atoms with E-state index in [0.29, 0.717) is 0 Å². The van der Waals surface area contributed by atoms with Crippen LogP contribution in [0.2, 0.25) is 0 Å². The predicted molar refractivity (Wildman–Crippen MR) is 63.6 cm³/mol. The van der Waals surface area contributed by atoms with Crippen LogP contribution in [0.5, 0.6) is 0 Å². The fourth-order valence-electron chi connectivity index (χ4n) is 1.28. The fraction of sp³-hybridized carbons (Fsp3) is 0.273. The van der Waals surface area contributed by atoms with Crippen molar-refractivity contribution in [3.05, 3.63) is 29.8 Å². The number of benzene rings is 1. The van der Waals surface area contributed by atoms with Gasteiger partial charge in [0.05, 0.1) is 16.2 Å². The number of hydrogen-bond acceptors (Lipinski definition) is 5. The summed E-state index contributed by atoms with van der Waals surface area (Å²) in [5.41, 5.74) is 4.74. The molecule has 98 valence electrons. The molecule has 0 atom stereocenters. The molecule has 0 aliphatic carbocycles. The average Bonchev–Trinajstić information content (AvgIpc) is 2.36. The van der Waals surface area contributed by atoms with Gasteiger partial charge in [-0.05, 0) is 12.1 Å². The van der Waals surface area contributed by atoms with Crippen LogP contribution in [0.3, 0.4) is 0 Å². The number of esters is 1. The maximum atomic E-state index is 11.8.